The number of hydrogen-bond acceptors (Lipinski definition) is 5. The third-order valence-corrected chi connectivity index (χ3v) is 6.44. The number of halogens is 2. The lowest BCUT2D eigenvalue weighted by Crippen LogP contribution is -2.39. The Hall–Kier alpha value is -1.60. The van der Waals surface area contributed by atoms with Crippen molar-refractivity contribution in [2.45, 2.75) is 32.3 Å². The second-order valence-corrected chi connectivity index (χ2v) is 8.53. The van der Waals surface area contributed by atoms with E-state index in [-0.39, 0.29) is 16.7 Å². The SMILES string of the molecule is Cc1ccc(-n2ncc(N3CCC(OCC4CCOC4)CC3)c(Cl)c2=O)cc1Cl. The first kappa shape index (κ1) is 20.7. The normalized spacial score (nSPS) is 20.4. The number of ether oxygens (including phenoxy) is 2. The number of anilines is 1. The van der Waals surface area contributed by atoms with Gasteiger partial charge in [0.25, 0.3) is 5.56 Å². The number of nitrogens with zero attached hydrogens (tertiary/aromatic N) is 3. The van der Waals surface area contributed by atoms with Gasteiger partial charge in [0.05, 0.1) is 36.9 Å². The maximum atomic E-state index is 12.8. The monoisotopic (exact) mass is 437 g/mol. The van der Waals surface area contributed by atoms with Gasteiger partial charge in [0.15, 0.2) is 0 Å². The number of rotatable bonds is 5. The van der Waals surface area contributed by atoms with Crippen LogP contribution in [-0.2, 0) is 9.47 Å². The van der Waals surface area contributed by atoms with Crippen molar-refractivity contribution in [2.75, 3.05) is 37.8 Å². The van der Waals surface area contributed by atoms with Crippen molar-refractivity contribution in [3.63, 3.8) is 0 Å². The van der Waals surface area contributed by atoms with Gasteiger partial charge >= 0.3 is 0 Å². The van der Waals surface area contributed by atoms with Gasteiger partial charge in [0.2, 0.25) is 0 Å². The summed E-state index contributed by atoms with van der Waals surface area (Å²) in [6, 6.07) is 5.39. The van der Waals surface area contributed by atoms with E-state index in [4.69, 9.17) is 32.7 Å². The van der Waals surface area contributed by atoms with Gasteiger partial charge in [-0.05, 0) is 43.9 Å². The van der Waals surface area contributed by atoms with Crippen LogP contribution in [0.1, 0.15) is 24.8 Å². The van der Waals surface area contributed by atoms with E-state index < -0.39 is 0 Å². The first-order chi connectivity index (χ1) is 14.0. The molecule has 2 fully saturated rings. The number of piperidine rings is 1. The fourth-order valence-electron chi connectivity index (χ4n) is 3.79. The first-order valence-electron chi connectivity index (χ1n) is 10.0. The molecule has 0 aliphatic carbocycles. The minimum atomic E-state index is -0.344. The fourth-order valence-corrected chi connectivity index (χ4v) is 4.22. The molecule has 0 N–H and O–H groups in total. The molecule has 8 heteroatoms. The molecule has 2 aliphatic heterocycles. The summed E-state index contributed by atoms with van der Waals surface area (Å²) in [5.41, 5.74) is 1.87. The highest BCUT2D eigenvalue weighted by Crippen LogP contribution is 2.27. The minimum absolute atomic E-state index is 0.180. The third kappa shape index (κ3) is 4.61. The number of aryl methyl sites for hydroxylation is 1. The summed E-state index contributed by atoms with van der Waals surface area (Å²) in [6.07, 6.45) is 4.80. The summed E-state index contributed by atoms with van der Waals surface area (Å²) in [6.45, 7) is 5.90. The third-order valence-electron chi connectivity index (χ3n) is 5.67. The molecule has 0 bridgehead atoms. The van der Waals surface area contributed by atoms with Crippen LogP contribution in [0.3, 0.4) is 0 Å². The quantitative estimate of drug-likeness (QED) is 0.710. The van der Waals surface area contributed by atoms with Crippen LogP contribution in [0.4, 0.5) is 5.69 Å². The lowest BCUT2D eigenvalue weighted by molar-refractivity contribution is 0.0131. The standard InChI is InChI=1S/C21H25Cl2N3O3/c1-14-2-3-16(10-18(14)22)26-21(27)20(23)19(11-24-26)25-7-4-17(5-8-25)29-13-15-6-9-28-12-15/h2-3,10-11,15,17H,4-9,12-13H2,1H3. The van der Waals surface area contributed by atoms with E-state index in [0.717, 1.165) is 57.7 Å². The van der Waals surface area contributed by atoms with Gasteiger partial charge < -0.3 is 14.4 Å². The summed E-state index contributed by atoms with van der Waals surface area (Å²) in [7, 11) is 0. The van der Waals surface area contributed by atoms with Crippen LogP contribution in [0.5, 0.6) is 0 Å². The molecule has 156 valence electrons. The van der Waals surface area contributed by atoms with Crippen molar-refractivity contribution >= 4 is 28.9 Å². The Morgan fingerprint density at radius 1 is 1.24 bits per heavy atom. The average Bonchev–Trinajstić information content (AvgIpc) is 3.25. The molecule has 0 saturated carbocycles. The molecular weight excluding hydrogens is 413 g/mol. The van der Waals surface area contributed by atoms with Gasteiger partial charge in [0.1, 0.15) is 5.02 Å². The van der Waals surface area contributed by atoms with Crippen LogP contribution >= 0.6 is 23.2 Å². The van der Waals surface area contributed by atoms with Crippen LogP contribution < -0.4 is 10.5 Å². The lowest BCUT2D eigenvalue weighted by atomic mass is 10.1. The Balaban J connectivity index is 1.42. The number of aromatic nitrogens is 2. The molecule has 0 amide bonds. The summed E-state index contributed by atoms with van der Waals surface area (Å²) in [4.78, 5) is 14.9. The molecule has 0 radical (unpaired) electrons. The minimum Gasteiger partial charge on any atom is -0.381 e. The molecular formula is C21H25Cl2N3O3. The topological polar surface area (TPSA) is 56.6 Å². The van der Waals surface area contributed by atoms with Gasteiger partial charge in [-0.1, -0.05) is 29.3 Å². The van der Waals surface area contributed by atoms with E-state index in [2.05, 4.69) is 10.00 Å². The lowest BCUT2D eigenvalue weighted by Gasteiger charge is -2.34. The Bertz CT molecular complexity index is 920. The maximum Gasteiger partial charge on any atom is 0.292 e. The number of benzene rings is 1. The van der Waals surface area contributed by atoms with Gasteiger partial charge in [-0.2, -0.15) is 9.78 Å². The molecule has 1 aromatic heterocycles. The summed E-state index contributed by atoms with van der Waals surface area (Å²) >= 11 is 12.6. The molecule has 2 aliphatic rings. The Morgan fingerprint density at radius 3 is 2.72 bits per heavy atom. The smallest absolute Gasteiger partial charge is 0.292 e. The van der Waals surface area contributed by atoms with Gasteiger partial charge in [-0.3, -0.25) is 4.79 Å². The van der Waals surface area contributed by atoms with Crippen molar-refractivity contribution in [2.24, 2.45) is 5.92 Å². The van der Waals surface area contributed by atoms with Crippen molar-refractivity contribution in [3.05, 3.63) is 50.4 Å². The highest BCUT2D eigenvalue weighted by molar-refractivity contribution is 6.33. The van der Waals surface area contributed by atoms with E-state index in [1.807, 2.05) is 19.1 Å². The van der Waals surface area contributed by atoms with E-state index in [1.165, 1.54) is 4.68 Å². The molecule has 29 heavy (non-hydrogen) atoms. The molecule has 3 heterocycles. The second kappa shape index (κ2) is 9.04. The molecule has 1 atom stereocenters. The summed E-state index contributed by atoms with van der Waals surface area (Å²) in [5, 5.41) is 5.10. The molecule has 6 nitrogen and oxygen atoms in total. The first-order valence-corrected chi connectivity index (χ1v) is 10.8. The number of hydrogen-bond donors (Lipinski definition) is 0. The second-order valence-electron chi connectivity index (χ2n) is 7.74. The summed E-state index contributed by atoms with van der Waals surface area (Å²) in [5.74, 6) is 0.523. The van der Waals surface area contributed by atoms with Crippen molar-refractivity contribution in [1.29, 1.82) is 0 Å². The zero-order valence-corrected chi connectivity index (χ0v) is 18.0. The van der Waals surface area contributed by atoms with Gasteiger partial charge in [-0.15, -0.1) is 0 Å². The molecule has 4 rings (SSSR count). The largest absolute Gasteiger partial charge is 0.381 e. The van der Waals surface area contributed by atoms with Crippen molar-refractivity contribution < 1.29 is 9.47 Å². The highest BCUT2D eigenvalue weighted by atomic mass is 35.5. The predicted octanol–water partition coefficient (Wildman–Crippen LogP) is 3.87. The molecule has 2 saturated heterocycles. The summed E-state index contributed by atoms with van der Waals surface area (Å²) < 4.78 is 12.8. The maximum absolute atomic E-state index is 12.8. The van der Waals surface area contributed by atoms with Crippen LogP contribution in [0, 0.1) is 12.8 Å². The Morgan fingerprint density at radius 2 is 2.03 bits per heavy atom. The molecule has 2 aromatic rings. The molecule has 1 unspecified atom stereocenters. The van der Waals surface area contributed by atoms with Gasteiger partial charge in [-0.25, -0.2) is 0 Å². The van der Waals surface area contributed by atoms with Crippen LogP contribution in [0.2, 0.25) is 10.0 Å². The van der Waals surface area contributed by atoms with Crippen molar-refractivity contribution in [1.82, 2.24) is 9.78 Å². The van der Waals surface area contributed by atoms with Crippen LogP contribution in [0.15, 0.2) is 29.2 Å². The zero-order valence-electron chi connectivity index (χ0n) is 16.4. The molecule has 0 spiro atoms. The Kier molecular flexibility index (Phi) is 6.44. The van der Waals surface area contributed by atoms with Crippen LogP contribution in [0.25, 0.3) is 5.69 Å². The van der Waals surface area contributed by atoms with Gasteiger partial charge in [0, 0.05) is 30.6 Å². The van der Waals surface area contributed by atoms with Crippen molar-refractivity contribution in [3.8, 4) is 5.69 Å². The molecule has 1 aromatic carbocycles. The predicted molar refractivity (Wildman–Crippen MR) is 115 cm³/mol. The zero-order chi connectivity index (χ0) is 20.4. The average molecular weight is 438 g/mol. The van der Waals surface area contributed by atoms with E-state index in [9.17, 15) is 4.79 Å². The van der Waals surface area contributed by atoms with E-state index in [0.29, 0.717) is 22.3 Å². The van der Waals surface area contributed by atoms with E-state index >= 15 is 0 Å². The fraction of sp³-hybridized carbons (Fsp3) is 0.524. The highest BCUT2D eigenvalue weighted by Gasteiger charge is 2.25. The van der Waals surface area contributed by atoms with E-state index in [1.54, 1.807) is 12.3 Å². The van der Waals surface area contributed by atoms with Crippen LogP contribution in [-0.4, -0.2) is 48.8 Å². The Labute approximate surface area is 180 Å².